The van der Waals surface area contributed by atoms with E-state index >= 15 is 0 Å². The zero-order valence-electron chi connectivity index (χ0n) is 20.5. The molecule has 0 heterocycles. The van der Waals surface area contributed by atoms with Gasteiger partial charge >= 0.3 is 0 Å². The molecule has 184 valence electrons. The van der Waals surface area contributed by atoms with Gasteiger partial charge in [0.25, 0.3) is 0 Å². The molecule has 5 nitrogen and oxygen atoms in total. The van der Waals surface area contributed by atoms with E-state index in [9.17, 15) is 5.11 Å². The molecule has 5 heteroatoms. The molecule has 1 unspecified atom stereocenters. The van der Waals surface area contributed by atoms with E-state index in [1.54, 1.807) is 32.4 Å². The number of benzene rings is 4. The highest BCUT2D eigenvalue weighted by atomic mass is 16.5. The second-order valence-electron chi connectivity index (χ2n) is 8.16. The Morgan fingerprint density at radius 2 is 1.28 bits per heavy atom. The summed E-state index contributed by atoms with van der Waals surface area (Å²) in [6, 6.07) is 30.9. The zero-order valence-corrected chi connectivity index (χ0v) is 20.5. The largest absolute Gasteiger partial charge is 0.497 e. The van der Waals surface area contributed by atoms with Crippen molar-refractivity contribution in [1.82, 2.24) is 0 Å². The number of methoxy groups -OCH3 is 2. The molecule has 0 saturated carbocycles. The van der Waals surface area contributed by atoms with Crippen molar-refractivity contribution < 1.29 is 24.1 Å². The highest BCUT2D eigenvalue weighted by Gasteiger charge is 2.13. The lowest BCUT2D eigenvalue weighted by Gasteiger charge is -2.16. The lowest BCUT2D eigenvalue weighted by molar-refractivity contribution is 0.217. The van der Waals surface area contributed by atoms with E-state index in [4.69, 9.17) is 18.9 Å². The average Bonchev–Trinajstić information content (AvgIpc) is 2.94. The summed E-state index contributed by atoms with van der Waals surface area (Å²) in [5.41, 5.74) is 3.59. The molecule has 0 aliphatic heterocycles. The number of ether oxygens (including phenoxy) is 4. The lowest BCUT2D eigenvalue weighted by Crippen LogP contribution is -2.02. The molecule has 0 spiro atoms. The molecule has 4 aromatic rings. The first-order valence-corrected chi connectivity index (χ1v) is 11.7. The lowest BCUT2D eigenvalue weighted by atomic mass is 10.1. The summed E-state index contributed by atoms with van der Waals surface area (Å²) in [6.07, 6.45) is 2.65. The van der Waals surface area contributed by atoms with Gasteiger partial charge in [0.15, 0.2) is 0 Å². The first-order chi connectivity index (χ1) is 17.7. The van der Waals surface area contributed by atoms with Crippen molar-refractivity contribution in [2.45, 2.75) is 19.3 Å². The molecular weight excluding hydrogens is 452 g/mol. The van der Waals surface area contributed by atoms with Crippen LogP contribution in [0.25, 0.3) is 6.08 Å². The molecule has 4 rings (SSSR count). The van der Waals surface area contributed by atoms with Gasteiger partial charge in [-0.05, 0) is 35.4 Å². The molecule has 4 aromatic carbocycles. The number of aliphatic hydroxyl groups excluding tert-OH is 1. The van der Waals surface area contributed by atoms with Crippen LogP contribution in [0, 0.1) is 0 Å². The fourth-order valence-electron chi connectivity index (χ4n) is 3.70. The quantitative estimate of drug-likeness (QED) is 0.261. The smallest absolute Gasteiger partial charge is 0.129 e. The van der Waals surface area contributed by atoms with Gasteiger partial charge in [-0.15, -0.1) is 0 Å². The van der Waals surface area contributed by atoms with E-state index in [1.165, 1.54) is 0 Å². The Morgan fingerprint density at radius 3 is 1.92 bits per heavy atom. The molecule has 0 bridgehead atoms. The Labute approximate surface area is 212 Å². The molecule has 0 fully saturated rings. The Morgan fingerprint density at radius 1 is 0.667 bits per heavy atom. The Balaban J connectivity index is 1.48. The maximum Gasteiger partial charge on any atom is 0.129 e. The summed E-state index contributed by atoms with van der Waals surface area (Å²) < 4.78 is 22.9. The summed E-state index contributed by atoms with van der Waals surface area (Å²) >= 11 is 0. The van der Waals surface area contributed by atoms with Crippen molar-refractivity contribution >= 4 is 6.08 Å². The second-order valence-corrected chi connectivity index (χ2v) is 8.16. The minimum atomic E-state index is -0.889. The molecular formula is C31H30O5. The van der Waals surface area contributed by atoms with Gasteiger partial charge in [-0.2, -0.15) is 0 Å². The van der Waals surface area contributed by atoms with Crippen LogP contribution >= 0.6 is 0 Å². The maximum atomic E-state index is 11.0. The van der Waals surface area contributed by atoms with Crippen molar-refractivity contribution in [1.29, 1.82) is 0 Å². The van der Waals surface area contributed by atoms with Crippen molar-refractivity contribution in [3.05, 3.63) is 125 Å². The molecule has 0 aliphatic carbocycles. The van der Waals surface area contributed by atoms with E-state index in [-0.39, 0.29) is 0 Å². The first kappa shape index (κ1) is 24.9. The van der Waals surface area contributed by atoms with Crippen LogP contribution in [0.3, 0.4) is 0 Å². The van der Waals surface area contributed by atoms with Gasteiger partial charge < -0.3 is 24.1 Å². The van der Waals surface area contributed by atoms with E-state index in [1.807, 2.05) is 91.0 Å². The van der Waals surface area contributed by atoms with Gasteiger partial charge in [0.05, 0.1) is 14.2 Å². The maximum absolute atomic E-state index is 11.0. The fraction of sp³-hybridized carbons (Fsp3) is 0.161. The monoisotopic (exact) mass is 482 g/mol. The molecule has 0 aliphatic rings. The molecule has 0 saturated heterocycles. The van der Waals surface area contributed by atoms with Crippen LogP contribution in [0.15, 0.2) is 103 Å². The first-order valence-electron chi connectivity index (χ1n) is 11.7. The van der Waals surface area contributed by atoms with Crippen molar-refractivity contribution in [3.8, 4) is 23.0 Å². The van der Waals surface area contributed by atoms with E-state index < -0.39 is 6.10 Å². The highest BCUT2D eigenvalue weighted by Crippen LogP contribution is 2.33. The molecule has 0 aromatic heterocycles. The third-order valence-corrected chi connectivity index (χ3v) is 5.69. The normalized spacial score (nSPS) is 11.8. The van der Waals surface area contributed by atoms with Crippen LogP contribution < -0.4 is 18.9 Å². The van der Waals surface area contributed by atoms with Gasteiger partial charge in [0, 0.05) is 23.3 Å². The summed E-state index contributed by atoms with van der Waals surface area (Å²) in [5, 5.41) is 11.0. The van der Waals surface area contributed by atoms with Gasteiger partial charge in [0.2, 0.25) is 0 Å². The molecule has 0 radical (unpaired) electrons. The van der Waals surface area contributed by atoms with Crippen LogP contribution in [-0.4, -0.2) is 19.3 Å². The minimum Gasteiger partial charge on any atom is -0.497 e. The number of hydrogen-bond acceptors (Lipinski definition) is 5. The Hall–Kier alpha value is -4.22. The summed E-state index contributed by atoms with van der Waals surface area (Å²) in [4.78, 5) is 0. The summed E-state index contributed by atoms with van der Waals surface area (Å²) in [5.74, 6) is 2.58. The Bertz CT molecular complexity index is 1270. The predicted octanol–water partition coefficient (Wildman–Crippen LogP) is 6.61. The topological polar surface area (TPSA) is 57.2 Å². The van der Waals surface area contributed by atoms with Gasteiger partial charge in [-0.1, -0.05) is 72.8 Å². The molecule has 1 atom stereocenters. The standard InChI is InChI=1S/C31H30O5/c1-33-26-16-17-28(31(19-26)36-22-24-11-7-4-8-12-24)29(32)18-14-25-13-15-27(20-30(25)34-2)35-21-23-9-5-3-6-10-23/h3-20,29,32H,21-22H2,1-2H3. The van der Waals surface area contributed by atoms with Crippen LogP contribution in [0.4, 0.5) is 0 Å². The summed E-state index contributed by atoms with van der Waals surface area (Å²) in [7, 11) is 3.22. The van der Waals surface area contributed by atoms with E-state index in [0.717, 1.165) is 16.7 Å². The van der Waals surface area contributed by atoms with E-state index in [0.29, 0.717) is 41.8 Å². The average molecular weight is 483 g/mol. The van der Waals surface area contributed by atoms with Crippen molar-refractivity contribution in [2.75, 3.05) is 14.2 Å². The third kappa shape index (κ3) is 6.68. The van der Waals surface area contributed by atoms with Crippen molar-refractivity contribution in [3.63, 3.8) is 0 Å². The highest BCUT2D eigenvalue weighted by molar-refractivity contribution is 5.60. The van der Waals surface area contributed by atoms with Crippen LogP contribution in [0.2, 0.25) is 0 Å². The minimum absolute atomic E-state index is 0.385. The molecule has 36 heavy (non-hydrogen) atoms. The van der Waals surface area contributed by atoms with Crippen LogP contribution in [0.5, 0.6) is 23.0 Å². The predicted molar refractivity (Wildman–Crippen MR) is 142 cm³/mol. The fourth-order valence-corrected chi connectivity index (χ4v) is 3.70. The van der Waals surface area contributed by atoms with Crippen LogP contribution in [-0.2, 0) is 13.2 Å². The molecule has 0 amide bonds. The van der Waals surface area contributed by atoms with E-state index in [2.05, 4.69) is 0 Å². The zero-order chi connectivity index (χ0) is 25.2. The third-order valence-electron chi connectivity index (χ3n) is 5.69. The van der Waals surface area contributed by atoms with Gasteiger partial charge in [-0.3, -0.25) is 0 Å². The van der Waals surface area contributed by atoms with Gasteiger partial charge in [0.1, 0.15) is 42.3 Å². The number of aliphatic hydroxyl groups is 1. The SMILES string of the molecule is COc1ccc(C(O)C=Cc2ccc(OCc3ccccc3)cc2OC)c(OCc2ccccc2)c1. The number of rotatable bonds is 11. The number of hydrogen-bond donors (Lipinski definition) is 1. The van der Waals surface area contributed by atoms with Crippen LogP contribution in [0.1, 0.15) is 28.4 Å². The second kappa shape index (κ2) is 12.5. The Kier molecular flexibility index (Phi) is 8.62. The van der Waals surface area contributed by atoms with Gasteiger partial charge in [-0.25, -0.2) is 0 Å². The summed E-state index contributed by atoms with van der Waals surface area (Å²) in [6.45, 7) is 0.858. The van der Waals surface area contributed by atoms with Crippen molar-refractivity contribution in [2.24, 2.45) is 0 Å². The molecule has 1 N–H and O–H groups in total.